The van der Waals surface area contributed by atoms with Crippen LogP contribution in [0.25, 0.3) is 0 Å². The summed E-state index contributed by atoms with van der Waals surface area (Å²) in [7, 11) is 0. The van der Waals surface area contributed by atoms with E-state index in [2.05, 4.69) is 60.6 Å². The third-order valence-electron chi connectivity index (χ3n) is 4.92. The van der Waals surface area contributed by atoms with E-state index in [-0.39, 0.29) is 11.9 Å². The van der Waals surface area contributed by atoms with Crippen LogP contribution in [0.5, 0.6) is 0 Å². The summed E-state index contributed by atoms with van der Waals surface area (Å²) < 4.78 is 0. The number of anilines is 1. The zero-order valence-electron chi connectivity index (χ0n) is 17.3. The average molecular weight is 374 g/mol. The third kappa shape index (κ3) is 6.45. The van der Waals surface area contributed by atoms with Gasteiger partial charge in [0.15, 0.2) is 5.96 Å². The maximum atomic E-state index is 11.9. The molecule has 27 heavy (non-hydrogen) atoms. The first-order valence-electron chi connectivity index (χ1n) is 10.2. The zero-order chi connectivity index (χ0) is 19.6. The monoisotopic (exact) mass is 373 g/mol. The molecule has 1 saturated heterocycles. The number of likely N-dealkylation sites (tertiary alicyclic amines) is 1. The van der Waals surface area contributed by atoms with Gasteiger partial charge >= 0.3 is 0 Å². The molecule has 1 fully saturated rings. The molecule has 0 saturated carbocycles. The predicted octanol–water partition coefficient (Wildman–Crippen LogP) is 2.39. The van der Waals surface area contributed by atoms with Crippen LogP contribution < -0.4 is 15.5 Å². The van der Waals surface area contributed by atoms with E-state index in [9.17, 15) is 4.79 Å². The maximum Gasteiger partial charge on any atom is 0.222 e. The quantitative estimate of drug-likeness (QED) is 0.543. The molecule has 150 valence electrons. The number of rotatable bonds is 8. The highest BCUT2D eigenvalue weighted by Crippen LogP contribution is 2.15. The van der Waals surface area contributed by atoms with Crippen molar-refractivity contribution in [3.63, 3.8) is 0 Å². The Labute approximate surface area is 164 Å². The van der Waals surface area contributed by atoms with Crippen LogP contribution in [0.15, 0.2) is 29.3 Å². The number of hydrogen-bond acceptors (Lipinski definition) is 3. The highest BCUT2D eigenvalue weighted by molar-refractivity contribution is 5.80. The number of carbonyl (C=O) groups is 1. The first-order chi connectivity index (χ1) is 13.1. The predicted molar refractivity (Wildman–Crippen MR) is 113 cm³/mol. The van der Waals surface area contributed by atoms with Gasteiger partial charge in [0, 0.05) is 50.9 Å². The second-order valence-corrected chi connectivity index (χ2v) is 7.00. The van der Waals surface area contributed by atoms with Gasteiger partial charge in [0.1, 0.15) is 0 Å². The van der Waals surface area contributed by atoms with Gasteiger partial charge in [-0.15, -0.1) is 0 Å². The van der Waals surface area contributed by atoms with E-state index in [4.69, 9.17) is 4.99 Å². The van der Waals surface area contributed by atoms with Gasteiger partial charge in [0.25, 0.3) is 0 Å². The third-order valence-corrected chi connectivity index (χ3v) is 4.92. The summed E-state index contributed by atoms with van der Waals surface area (Å²) >= 11 is 0. The van der Waals surface area contributed by atoms with Crippen LogP contribution in [0.3, 0.4) is 0 Å². The van der Waals surface area contributed by atoms with E-state index in [1.54, 1.807) is 0 Å². The van der Waals surface area contributed by atoms with Crippen LogP contribution in [-0.4, -0.2) is 62.1 Å². The van der Waals surface area contributed by atoms with Crippen molar-refractivity contribution >= 4 is 17.6 Å². The van der Waals surface area contributed by atoms with Gasteiger partial charge in [-0.1, -0.05) is 19.1 Å². The van der Waals surface area contributed by atoms with Crippen molar-refractivity contribution in [3.05, 3.63) is 29.8 Å². The minimum absolute atomic E-state index is 0.234. The van der Waals surface area contributed by atoms with Gasteiger partial charge in [0.2, 0.25) is 5.91 Å². The van der Waals surface area contributed by atoms with Crippen molar-refractivity contribution in [2.45, 2.75) is 46.6 Å². The van der Waals surface area contributed by atoms with Crippen molar-refractivity contribution in [1.82, 2.24) is 15.5 Å². The summed E-state index contributed by atoms with van der Waals surface area (Å²) in [5, 5.41) is 6.82. The minimum atomic E-state index is 0.234. The number of amides is 1. The Morgan fingerprint density at radius 3 is 2.81 bits per heavy atom. The Balaban J connectivity index is 1.90. The second-order valence-electron chi connectivity index (χ2n) is 7.00. The molecule has 0 aromatic heterocycles. The zero-order valence-corrected chi connectivity index (χ0v) is 17.3. The lowest BCUT2D eigenvalue weighted by Crippen LogP contribution is -2.45. The van der Waals surface area contributed by atoms with Crippen LogP contribution in [0, 0.1) is 6.92 Å². The largest absolute Gasteiger partial charge is 0.370 e. The summed E-state index contributed by atoms with van der Waals surface area (Å²) in [4.78, 5) is 20.9. The van der Waals surface area contributed by atoms with E-state index < -0.39 is 0 Å². The summed E-state index contributed by atoms with van der Waals surface area (Å²) in [6, 6.07) is 8.87. The maximum absolute atomic E-state index is 11.9. The van der Waals surface area contributed by atoms with Crippen LogP contribution in [-0.2, 0) is 4.79 Å². The Morgan fingerprint density at radius 1 is 1.33 bits per heavy atom. The molecular weight excluding hydrogens is 338 g/mol. The van der Waals surface area contributed by atoms with E-state index >= 15 is 0 Å². The average Bonchev–Trinajstić information content (AvgIpc) is 3.13. The van der Waals surface area contributed by atoms with Gasteiger partial charge in [-0.25, -0.2) is 0 Å². The number of guanidine groups is 1. The van der Waals surface area contributed by atoms with Crippen molar-refractivity contribution in [3.8, 4) is 0 Å². The molecule has 0 spiro atoms. The molecule has 1 aromatic rings. The van der Waals surface area contributed by atoms with Crippen LogP contribution in [0.2, 0.25) is 0 Å². The molecule has 0 aliphatic carbocycles. The van der Waals surface area contributed by atoms with Gasteiger partial charge < -0.3 is 20.4 Å². The first kappa shape index (κ1) is 21.1. The minimum Gasteiger partial charge on any atom is -0.370 e. The SMILES string of the molecule is CCNC(=NCCN(CC)c1cccc(C)c1)NC1CCN(C(=O)CC)C1. The Morgan fingerprint density at radius 2 is 2.15 bits per heavy atom. The standard InChI is InChI=1S/C21H35N5O/c1-5-20(27)26-13-11-18(16-26)24-21(22-6-2)23-12-14-25(7-3)19-10-8-9-17(4)15-19/h8-10,15,18H,5-7,11-14,16H2,1-4H3,(H2,22,23,24). The van der Waals surface area contributed by atoms with Gasteiger partial charge in [-0.2, -0.15) is 0 Å². The Hall–Kier alpha value is -2.24. The molecule has 1 heterocycles. The molecule has 2 rings (SSSR count). The molecule has 2 N–H and O–H groups in total. The number of hydrogen-bond donors (Lipinski definition) is 2. The molecule has 1 aromatic carbocycles. The summed E-state index contributed by atoms with van der Waals surface area (Å²) in [5.41, 5.74) is 2.52. The number of carbonyl (C=O) groups excluding carboxylic acids is 1. The van der Waals surface area contributed by atoms with Crippen LogP contribution >= 0.6 is 0 Å². The molecule has 1 unspecified atom stereocenters. The van der Waals surface area contributed by atoms with E-state index in [1.807, 2.05) is 11.8 Å². The number of aliphatic imine (C=N–C) groups is 1. The molecule has 6 heteroatoms. The number of benzene rings is 1. The molecular formula is C21H35N5O. The summed E-state index contributed by atoms with van der Waals surface area (Å²) in [5.74, 6) is 1.08. The number of nitrogens with one attached hydrogen (secondary N) is 2. The van der Waals surface area contributed by atoms with Crippen molar-refractivity contribution in [2.75, 3.05) is 44.2 Å². The highest BCUT2D eigenvalue weighted by atomic mass is 16.2. The second kappa shape index (κ2) is 10.8. The fourth-order valence-corrected chi connectivity index (χ4v) is 3.42. The van der Waals surface area contributed by atoms with Crippen LogP contribution in [0.4, 0.5) is 5.69 Å². The summed E-state index contributed by atoms with van der Waals surface area (Å²) in [6.07, 6.45) is 1.55. The lowest BCUT2D eigenvalue weighted by Gasteiger charge is -2.23. The molecule has 0 radical (unpaired) electrons. The van der Waals surface area contributed by atoms with Gasteiger partial charge in [-0.3, -0.25) is 9.79 Å². The number of nitrogens with zero attached hydrogens (tertiary/aromatic N) is 3. The lowest BCUT2D eigenvalue weighted by molar-refractivity contribution is -0.129. The Bertz CT molecular complexity index is 631. The normalized spacial score (nSPS) is 17.1. The van der Waals surface area contributed by atoms with Crippen molar-refractivity contribution < 1.29 is 4.79 Å². The fourth-order valence-electron chi connectivity index (χ4n) is 3.42. The fraction of sp³-hybridized carbons (Fsp3) is 0.619. The molecule has 1 aliphatic heterocycles. The van der Waals surface area contributed by atoms with E-state index in [1.165, 1.54) is 11.3 Å². The highest BCUT2D eigenvalue weighted by Gasteiger charge is 2.25. The number of likely N-dealkylation sites (N-methyl/N-ethyl adjacent to an activating group) is 1. The molecule has 6 nitrogen and oxygen atoms in total. The smallest absolute Gasteiger partial charge is 0.222 e. The van der Waals surface area contributed by atoms with Crippen molar-refractivity contribution in [2.24, 2.45) is 4.99 Å². The van der Waals surface area contributed by atoms with E-state index in [0.29, 0.717) is 6.42 Å². The van der Waals surface area contributed by atoms with Crippen molar-refractivity contribution in [1.29, 1.82) is 0 Å². The molecule has 0 bridgehead atoms. The molecule has 1 atom stereocenters. The van der Waals surface area contributed by atoms with Crippen LogP contribution in [0.1, 0.15) is 39.2 Å². The van der Waals surface area contributed by atoms with Gasteiger partial charge in [-0.05, 0) is 44.9 Å². The first-order valence-corrected chi connectivity index (χ1v) is 10.2. The summed E-state index contributed by atoms with van der Waals surface area (Å²) in [6.45, 7) is 13.3. The van der Waals surface area contributed by atoms with E-state index in [0.717, 1.165) is 51.6 Å². The Kier molecular flexibility index (Phi) is 8.43. The van der Waals surface area contributed by atoms with Gasteiger partial charge in [0.05, 0.1) is 6.54 Å². The molecule has 1 amide bonds. The lowest BCUT2D eigenvalue weighted by atomic mass is 10.2. The molecule has 1 aliphatic rings. The topological polar surface area (TPSA) is 60.0 Å². The number of aryl methyl sites for hydroxylation is 1.